The van der Waals surface area contributed by atoms with Crippen LogP contribution in [0.4, 0.5) is 0 Å². The number of likely N-dealkylation sites (tertiary alicyclic amines) is 1. The lowest BCUT2D eigenvalue weighted by Gasteiger charge is -2.28. The van der Waals surface area contributed by atoms with Crippen LogP contribution in [0.3, 0.4) is 0 Å². The van der Waals surface area contributed by atoms with Crippen molar-refractivity contribution in [1.82, 2.24) is 0 Å². The number of rotatable bonds is 7. The summed E-state index contributed by atoms with van der Waals surface area (Å²) in [6.45, 7) is 5.51. The highest BCUT2D eigenvalue weighted by Crippen LogP contribution is 2.09. The van der Waals surface area contributed by atoms with Crippen molar-refractivity contribution < 1.29 is 36.4 Å². The summed E-state index contributed by atoms with van der Waals surface area (Å²) in [5, 5.41) is 0. The second-order valence-corrected chi connectivity index (χ2v) is 5.90. The van der Waals surface area contributed by atoms with Crippen molar-refractivity contribution in [1.29, 1.82) is 0 Å². The van der Waals surface area contributed by atoms with Gasteiger partial charge < -0.3 is 26.8 Å². The molecule has 24 heavy (non-hydrogen) atoms. The van der Waals surface area contributed by atoms with Crippen molar-refractivity contribution in [3.8, 4) is 0 Å². The number of esters is 2. The van der Waals surface area contributed by atoms with Gasteiger partial charge in [0.25, 0.3) is 0 Å². The van der Waals surface area contributed by atoms with E-state index in [0.717, 1.165) is 38.9 Å². The first-order valence-corrected chi connectivity index (χ1v) is 8.43. The fourth-order valence-corrected chi connectivity index (χ4v) is 2.98. The zero-order chi connectivity index (χ0) is 16.5. The van der Waals surface area contributed by atoms with E-state index in [-0.39, 0.29) is 30.3 Å². The van der Waals surface area contributed by atoms with Crippen molar-refractivity contribution in [2.75, 3.05) is 32.8 Å². The van der Waals surface area contributed by atoms with Crippen LogP contribution >= 0.6 is 0 Å². The van der Waals surface area contributed by atoms with Crippen molar-refractivity contribution in [2.24, 2.45) is 5.92 Å². The van der Waals surface area contributed by atoms with Crippen LogP contribution in [-0.2, 0) is 14.3 Å². The zero-order valence-corrected chi connectivity index (χ0v) is 14.9. The molecule has 2 rings (SSSR count). The Hall–Kier alpha value is -1.59. The predicted molar refractivity (Wildman–Crippen MR) is 86.3 cm³/mol. The number of piperidine rings is 1. The van der Waals surface area contributed by atoms with Gasteiger partial charge in [-0.2, -0.15) is 0 Å². The Balaban J connectivity index is 0.00000288. The molecule has 1 N–H and O–H groups in total. The Morgan fingerprint density at radius 2 is 1.96 bits per heavy atom. The summed E-state index contributed by atoms with van der Waals surface area (Å²) in [6, 6.07) is 9.02. The number of carbonyl (C=O) groups is 2. The maximum Gasteiger partial charge on any atom is 0.338 e. The first-order valence-electron chi connectivity index (χ1n) is 8.43. The minimum absolute atomic E-state index is 0. The Kier molecular flexibility index (Phi) is 9.42. The molecule has 1 heterocycles. The van der Waals surface area contributed by atoms with Gasteiger partial charge in [0.1, 0.15) is 5.92 Å². The van der Waals surface area contributed by atoms with Crippen LogP contribution in [-0.4, -0.2) is 44.8 Å². The van der Waals surface area contributed by atoms with Crippen LogP contribution in [0.15, 0.2) is 30.3 Å². The molecule has 5 nitrogen and oxygen atoms in total. The van der Waals surface area contributed by atoms with Crippen molar-refractivity contribution in [3.05, 3.63) is 35.9 Å². The molecule has 2 unspecified atom stereocenters. The first kappa shape index (κ1) is 20.5. The number of halogens is 1. The zero-order valence-electron chi connectivity index (χ0n) is 14.1. The van der Waals surface area contributed by atoms with Crippen molar-refractivity contribution >= 4 is 11.9 Å². The van der Waals surface area contributed by atoms with Gasteiger partial charge in [0.05, 0.1) is 38.4 Å². The van der Waals surface area contributed by atoms with Gasteiger partial charge in [-0.15, -0.1) is 0 Å². The third kappa shape index (κ3) is 6.49. The smallest absolute Gasteiger partial charge is 0.338 e. The topological polar surface area (TPSA) is 57.0 Å². The van der Waals surface area contributed by atoms with E-state index in [4.69, 9.17) is 9.47 Å². The fourth-order valence-electron chi connectivity index (χ4n) is 2.98. The second kappa shape index (κ2) is 11.0. The van der Waals surface area contributed by atoms with E-state index in [0.29, 0.717) is 18.8 Å². The third-order valence-electron chi connectivity index (χ3n) is 4.16. The van der Waals surface area contributed by atoms with E-state index in [1.165, 1.54) is 4.90 Å². The monoisotopic (exact) mass is 355 g/mol. The lowest BCUT2D eigenvalue weighted by Crippen LogP contribution is -3.13. The Morgan fingerprint density at radius 3 is 2.67 bits per heavy atom. The van der Waals surface area contributed by atoms with E-state index in [1.54, 1.807) is 12.1 Å². The van der Waals surface area contributed by atoms with Crippen LogP contribution in [0.5, 0.6) is 0 Å². The lowest BCUT2D eigenvalue weighted by molar-refractivity contribution is -0.907. The summed E-state index contributed by atoms with van der Waals surface area (Å²) in [5.74, 6) is -0.325. The van der Waals surface area contributed by atoms with Gasteiger partial charge in [-0.05, 0) is 31.9 Å². The number of carbonyl (C=O) groups excluding carboxylic acids is 2. The molecule has 0 saturated carbocycles. The molecule has 0 bridgehead atoms. The molecule has 0 amide bonds. The minimum Gasteiger partial charge on any atom is -1.00 e. The van der Waals surface area contributed by atoms with Crippen LogP contribution in [0.2, 0.25) is 0 Å². The Labute approximate surface area is 149 Å². The molecule has 6 heteroatoms. The van der Waals surface area contributed by atoms with Crippen molar-refractivity contribution in [3.63, 3.8) is 0 Å². The highest BCUT2D eigenvalue weighted by atomic mass is 35.5. The standard InChI is InChI=1S/C18H25NO4.ClH/c1-2-22-18(21)16-10-6-11-19(14-16)12-7-13-23-17(20)15-8-4-3-5-9-15;/h3-5,8-9,16H,2,6-7,10-14H2,1H3;1H. The average Bonchev–Trinajstić information content (AvgIpc) is 2.60. The highest BCUT2D eigenvalue weighted by Gasteiger charge is 2.29. The van der Waals surface area contributed by atoms with Crippen LogP contribution in [0.1, 0.15) is 36.5 Å². The maximum absolute atomic E-state index is 11.8. The highest BCUT2D eigenvalue weighted by molar-refractivity contribution is 5.89. The van der Waals surface area contributed by atoms with E-state index in [9.17, 15) is 9.59 Å². The van der Waals surface area contributed by atoms with E-state index in [1.807, 2.05) is 25.1 Å². The third-order valence-corrected chi connectivity index (χ3v) is 4.16. The molecule has 2 atom stereocenters. The molecule has 1 aliphatic heterocycles. The number of hydrogen-bond donors (Lipinski definition) is 1. The number of quaternary nitrogens is 1. The molecule has 1 aliphatic rings. The fraction of sp³-hybridized carbons (Fsp3) is 0.556. The summed E-state index contributed by atoms with van der Waals surface area (Å²) in [5.41, 5.74) is 0.584. The summed E-state index contributed by atoms with van der Waals surface area (Å²) in [4.78, 5) is 25.0. The molecule has 0 spiro atoms. The molecule has 1 fully saturated rings. The Morgan fingerprint density at radius 1 is 1.21 bits per heavy atom. The van der Waals surface area contributed by atoms with Gasteiger partial charge in [0.15, 0.2) is 0 Å². The normalized spacial score (nSPS) is 19.9. The molecular weight excluding hydrogens is 330 g/mol. The van der Waals surface area contributed by atoms with Crippen LogP contribution in [0.25, 0.3) is 0 Å². The second-order valence-electron chi connectivity index (χ2n) is 5.90. The first-order chi connectivity index (χ1) is 11.2. The van der Waals surface area contributed by atoms with Gasteiger partial charge in [-0.3, -0.25) is 4.79 Å². The predicted octanol–water partition coefficient (Wildman–Crippen LogP) is -1.90. The van der Waals surface area contributed by atoms with E-state index >= 15 is 0 Å². The van der Waals surface area contributed by atoms with Gasteiger partial charge in [-0.1, -0.05) is 18.2 Å². The molecule has 1 saturated heterocycles. The number of nitrogens with one attached hydrogen (secondary N) is 1. The molecule has 134 valence electrons. The summed E-state index contributed by atoms with van der Waals surface area (Å²) in [7, 11) is 0. The summed E-state index contributed by atoms with van der Waals surface area (Å²) >= 11 is 0. The van der Waals surface area contributed by atoms with Crippen LogP contribution in [0, 0.1) is 5.92 Å². The number of ether oxygens (including phenoxy) is 2. The van der Waals surface area contributed by atoms with Gasteiger partial charge in [0, 0.05) is 6.42 Å². The van der Waals surface area contributed by atoms with Crippen LogP contribution < -0.4 is 17.3 Å². The largest absolute Gasteiger partial charge is 1.00 e. The molecule has 0 aliphatic carbocycles. The van der Waals surface area contributed by atoms with Gasteiger partial charge in [-0.25, -0.2) is 4.79 Å². The summed E-state index contributed by atoms with van der Waals surface area (Å²) in [6.07, 6.45) is 2.78. The molecular formula is C18H26ClNO4. The van der Waals surface area contributed by atoms with Crippen molar-refractivity contribution in [2.45, 2.75) is 26.2 Å². The number of hydrogen-bond acceptors (Lipinski definition) is 4. The molecule has 1 aromatic rings. The molecule has 0 aromatic heterocycles. The SMILES string of the molecule is CCOC(=O)C1CCC[NH+](CCCOC(=O)c2ccccc2)C1.[Cl-]. The quantitative estimate of drug-likeness (QED) is 0.458. The van der Waals surface area contributed by atoms with Gasteiger partial charge >= 0.3 is 11.9 Å². The average molecular weight is 356 g/mol. The Bertz CT molecular complexity index is 509. The molecule has 1 aromatic carbocycles. The molecule has 0 radical (unpaired) electrons. The maximum atomic E-state index is 11.8. The lowest BCUT2D eigenvalue weighted by atomic mass is 9.98. The van der Waals surface area contributed by atoms with E-state index < -0.39 is 0 Å². The summed E-state index contributed by atoms with van der Waals surface area (Å²) < 4.78 is 10.4. The van der Waals surface area contributed by atoms with E-state index in [2.05, 4.69) is 0 Å². The minimum atomic E-state index is -0.274. The van der Waals surface area contributed by atoms with Gasteiger partial charge in [0.2, 0.25) is 0 Å². The number of benzene rings is 1.